The molecule has 0 aliphatic heterocycles. The Hall–Kier alpha value is -0.130. The summed E-state index contributed by atoms with van der Waals surface area (Å²) in [5.74, 6) is 0. The van der Waals surface area contributed by atoms with Gasteiger partial charge in [-0.15, -0.1) is 0 Å². The van der Waals surface area contributed by atoms with Crippen LogP contribution in [0.3, 0.4) is 0 Å². The summed E-state index contributed by atoms with van der Waals surface area (Å²) < 4.78 is 28.6. The molecule has 1 N–H and O–H groups in total. The lowest BCUT2D eigenvalue weighted by molar-refractivity contribution is 0.137. The molecule has 0 aromatic rings. The van der Waals surface area contributed by atoms with Crippen LogP contribution in [0.2, 0.25) is 0 Å². The molecule has 0 rings (SSSR count). The third-order valence-electron chi connectivity index (χ3n) is 1.84. The van der Waals surface area contributed by atoms with Crippen molar-refractivity contribution in [3.8, 4) is 0 Å². The summed E-state index contributed by atoms with van der Waals surface area (Å²) in [7, 11) is -3.45. The monoisotopic (exact) mass is 250 g/mol. The van der Waals surface area contributed by atoms with E-state index in [-0.39, 0.29) is 6.04 Å². The Kier molecular flexibility index (Phi) is 4.59. The molecular weight excluding hydrogens is 224 g/mol. The highest BCUT2D eigenvalue weighted by molar-refractivity contribution is 7.87. The van der Waals surface area contributed by atoms with Gasteiger partial charge in [0.05, 0.1) is 0 Å². The zero-order chi connectivity index (χ0) is 13.4. The zero-order valence-corrected chi connectivity index (χ0v) is 12.6. The third-order valence-corrected chi connectivity index (χ3v) is 4.19. The summed E-state index contributed by atoms with van der Waals surface area (Å²) in [6, 6.07) is -0.0998. The molecule has 4 nitrogen and oxygen atoms in total. The summed E-state index contributed by atoms with van der Waals surface area (Å²) in [5.41, 5.74) is -0.891. The molecule has 0 saturated heterocycles. The molecule has 0 radical (unpaired) electrons. The maximum atomic E-state index is 12.2. The number of rotatable bonds is 3. The molecule has 0 aromatic carbocycles. The van der Waals surface area contributed by atoms with E-state index < -0.39 is 21.3 Å². The standard InChI is InChI=1S/C11H26N2O2S/c1-9(2)12-16(14,15)13(10(3,4)5)11(6,7)8/h9,12H,1-8H3. The number of hydrogen-bond acceptors (Lipinski definition) is 2. The van der Waals surface area contributed by atoms with Crippen LogP contribution >= 0.6 is 0 Å². The van der Waals surface area contributed by atoms with Gasteiger partial charge in [0.1, 0.15) is 0 Å². The first-order chi connectivity index (χ1) is 6.78. The van der Waals surface area contributed by atoms with E-state index in [9.17, 15) is 8.42 Å². The molecule has 16 heavy (non-hydrogen) atoms. The van der Waals surface area contributed by atoms with Crippen molar-refractivity contribution in [2.75, 3.05) is 0 Å². The van der Waals surface area contributed by atoms with Gasteiger partial charge in [0, 0.05) is 17.1 Å². The topological polar surface area (TPSA) is 49.4 Å². The van der Waals surface area contributed by atoms with Crippen molar-refractivity contribution < 1.29 is 8.42 Å². The van der Waals surface area contributed by atoms with E-state index in [0.29, 0.717) is 0 Å². The van der Waals surface area contributed by atoms with Crippen LogP contribution in [0.4, 0.5) is 0 Å². The van der Waals surface area contributed by atoms with Crippen molar-refractivity contribution in [2.45, 2.75) is 72.5 Å². The fourth-order valence-electron chi connectivity index (χ4n) is 2.08. The van der Waals surface area contributed by atoms with E-state index in [1.165, 1.54) is 4.31 Å². The smallest absolute Gasteiger partial charge is 0.200 e. The van der Waals surface area contributed by atoms with Crippen LogP contribution in [0.25, 0.3) is 0 Å². The Morgan fingerprint density at radius 3 is 1.44 bits per heavy atom. The van der Waals surface area contributed by atoms with Crippen LogP contribution < -0.4 is 4.72 Å². The quantitative estimate of drug-likeness (QED) is 0.834. The highest BCUT2D eigenvalue weighted by Crippen LogP contribution is 2.27. The number of hydrogen-bond donors (Lipinski definition) is 1. The van der Waals surface area contributed by atoms with E-state index in [1.54, 1.807) is 0 Å². The molecule has 0 unspecified atom stereocenters. The third kappa shape index (κ3) is 4.39. The second-order valence-electron chi connectivity index (χ2n) is 6.38. The lowest BCUT2D eigenvalue weighted by atomic mass is 10.0. The van der Waals surface area contributed by atoms with Gasteiger partial charge in [-0.3, -0.25) is 0 Å². The summed E-state index contributed by atoms with van der Waals surface area (Å²) in [6.45, 7) is 15.0. The molecule has 0 atom stereocenters. The van der Waals surface area contributed by atoms with Gasteiger partial charge in [-0.25, -0.2) is 0 Å². The van der Waals surface area contributed by atoms with Gasteiger partial charge in [-0.05, 0) is 55.4 Å². The lowest BCUT2D eigenvalue weighted by Crippen LogP contribution is -2.59. The van der Waals surface area contributed by atoms with Crippen LogP contribution in [-0.2, 0) is 10.2 Å². The van der Waals surface area contributed by atoms with Crippen LogP contribution in [0, 0.1) is 0 Å². The number of nitrogens with one attached hydrogen (secondary N) is 1. The fourth-order valence-corrected chi connectivity index (χ4v) is 4.22. The van der Waals surface area contributed by atoms with Gasteiger partial charge < -0.3 is 0 Å². The van der Waals surface area contributed by atoms with Crippen LogP contribution in [0.5, 0.6) is 0 Å². The van der Waals surface area contributed by atoms with E-state index >= 15 is 0 Å². The van der Waals surface area contributed by atoms with Gasteiger partial charge in [-0.2, -0.15) is 17.4 Å². The molecule has 0 aromatic heterocycles. The predicted octanol–water partition coefficient (Wildman–Crippen LogP) is 2.13. The predicted molar refractivity (Wildman–Crippen MR) is 68.5 cm³/mol. The van der Waals surface area contributed by atoms with E-state index in [1.807, 2.05) is 55.4 Å². The molecule has 0 aliphatic carbocycles. The molecule has 0 heterocycles. The first kappa shape index (κ1) is 15.9. The Labute approximate surface area is 101 Å². The van der Waals surface area contributed by atoms with Crippen LogP contribution in [0.15, 0.2) is 0 Å². The highest BCUT2D eigenvalue weighted by atomic mass is 32.2. The van der Waals surface area contributed by atoms with Crippen molar-refractivity contribution in [3.05, 3.63) is 0 Å². The minimum absolute atomic E-state index is 0.0998. The Balaban J connectivity index is 5.39. The summed E-state index contributed by atoms with van der Waals surface area (Å²) >= 11 is 0. The van der Waals surface area contributed by atoms with Crippen molar-refractivity contribution in [1.82, 2.24) is 9.03 Å². The van der Waals surface area contributed by atoms with Gasteiger partial charge >= 0.3 is 0 Å². The molecule has 0 spiro atoms. The Morgan fingerprint density at radius 1 is 0.938 bits per heavy atom. The van der Waals surface area contributed by atoms with Crippen molar-refractivity contribution >= 4 is 10.2 Å². The normalized spacial score (nSPS) is 14.9. The zero-order valence-electron chi connectivity index (χ0n) is 11.7. The minimum atomic E-state index is -3.45. The Bertz CT molecular complexity index is 307. The average Bonchev–Trinajstić information content (AvgIpc) is 1.70. The van der Waals surface area contributed by atoms with Crippen molar-refractivity contribution in [3.63, 3.8) is 0 Å². The molecule has 0 saturated carbocycles. The number of nitrogens with zero attached hydrogens (tertiary/aromatic N) is 1. The first-order valence-electron chi connectivity index (χ1n) is 5.61. The van der Waals surface area contributed by atoms with Crippen molar-refractivity contribution in [1.29, 1.82) is 0 Å². The van der Waals surface area contributed by atoms with Gasteiger partial charge in [0.15, 0.2) is 0 Å². The summed E-state index contributed by atoms with van der Waals surface area (Å²) in [5, 5.41) is 0. The average molecular weight is 250 g/mol. The molecule has 98 valence electrons. The summed E-state index contributed by atoms with van der Waals surface area (Å²) in [6.07, 6.45) is 0. The second-order valence-corrected chi connectivity index (χ2v) is 7.93. The van der Waals surface area contributed by atoms with Crippen LogP contribution in [0.1, 0.15) is 55.4 Å². The molecule has 0 fully saturated rings. The first-order valence-corrected chi connectivity index (χ1v) is 7.05. The van der Waals surface area contributed by atoms with E-state index in [0.717, 1.165) is 0 Å². The fraction of sp³-hybridized carbons (Fsp3) is 1.00. The van der Waals surface area contributed by atoms with Crippen molar-refractivity contribution in [2.24, 2.45) is 0 Å². The van der Waals surface area contributed by atoms with E-state index in [4.69, 9.17) is 0 Å². The van der Waals surface area contributed by atoms with E-state index in [2.05, 4.69) is 4.72 Å². The van der Waals surface area contributed by atoms with Gasteiger partial charge in [-0.1, -0.05) is 0 Å². The second kappa shape index (κ2) is 4.63. The maximum Gasteiger partial charge on any atom is 0.280 e. The molecule has 0 bridgehead atoms. The maximum absolute atomic E-state index is 12.2. The van der Waals surface area contributed by atoms with Gasteiger partial charge in [0.25, 0.3) is 10.2 Å². The Morgan fingerprint density at radius 2 is 1.25 bits per heavy atom. The van der Waals surface area contributed by atoms with Crippen LogP contribution in [-0.4, -0.2) is 29.8 Å². The van der Waals surface area contributed by atoms with Gasteiger partial charge in [0.2, 0.25) is 0 Å². The summed E-state index contributed by atoms with van der Waals surface area (Å²) in [4.78, 5) is 0. The lowest BCUT2D eigenvalue weighted by Gasteiger charge is -2.43. The minimum Gasteiger partial charge on any atom is -0.200 e. The molecular formula is C11H26N2O2S. The largest absolute Gasteiger partial charge is 0.280 e. The molecule has 0 aliphatic rings. The SMILES string of the molecule is CC(C)NS(=O)(=O)N(C(C)(C)C)C(C)(C)C. The molecule has 0 amide bonds. The highest BCUT2D eigenvalue weighted by Gasteiger charge is 2.40. The molecule has 5 heteroatoms.